The number of nitrogens with one attached hydrogen (secondary N) is 1. The van der Waals surface area contributed by atoms with Crippen LogP contribution in [0.3, 0.4) is 0 Å². The van der Waals surface area contributed by atoms with E-state index in [0.717, 1.165) is 28.9 Å². The molecule has 112 valence electrons. The summed E-state index contributed by atoms with van der Waals surface area (Å²) in [7, 11) is 0. The maximum atomic E-state index is 6.03. The largest absolute Gasteiger partial charge is 0.489 e. The molecule has 1 aromatic carbocycles. The van der Waals surface area contributed by atoms with Gasteiger partial charge in [-0.3, -0.25) is 0 Å². The second-order valence-corrected chi connectivity index (χ2v) is 7.40. The van der Waals surface area contributed by atoms with E-state index in [1.54, 1.807) is 0 Å². The van der Waals surface area contributed by atoms with E-state index >= 15 is 0 Å². The van der Waals surface area contributed by atoms with Gasteiger partial charge in [0, 0.05) is 32.9 Å². The number of halogens is 1. The first-order valence-electron chi connectivity index (χ1n) is 7.32. The second kappa shape index (κ2) is 6.39. The van der Waals surface area contributed by atoms with Crippen LogP contribution in [0.2, 0.25) is 5.02 Å². The highest BCUT2D eigenvalue weighted by Crippen LogP contribution is 2.26. The van der Waals surface area contributed by atoms with Gasteiger partial charge in [0.15, 0.2) is 0 Å². The minimum atomic E-state index is 0.618. The molecule has 0 bridgehead atoms. The van der Waals surface area contributed by atoms with Crippen LogP contribution in [-0.4, -0.2) is 6.04 Å². The van der Waals surface area contributed by atoms with Crippen LogP contribution in [0, 0.1) is 13.8 Å². The van der Waals surface area contributed by atoms with Gasteiger partial charge in [0.05, 0.1) is 0 Å². The number of hydrogen-bond donors (Lipinski definition) is 1. The van der Waals surface area contributed by atoms with Crippen LogP contribution in [0.1, 0.15) is 33.7 Å². The molecule has 1 N–H and O–H groups in total. The summed E-state index contributed by atoms with van der Waals surface area (Å²) < 4.78 is 5.89. The van der Waals surface area contributed by atoms with E-state index in [2.05, 4.69) is 18.3 Å². The van der Waals surface area contributed by atoms with Crippen LogP contribution in [0.4, 0.5) is 0 Å². The molecule has 21 heavy (non-hydrogen) atoms. The molecule has 1 heterocycles. The van der Waals surface area contributed by atoms with Crippen molar-refractivity contribution >= 4 is 22.9 Å². The van der Waals surface area contributed by atoms with Gasteiger partial charge in [0.25, 0.3) is 0 Å². The van der Waals surface area contributed by atoms with E-state index in [1.807, 2.05) is 36.5 Å². The van der Waals surface area contributed by atoms with Gasteiger partial charge in [-0.05, 0) is 56.5 Å². The summed E-state index contributed by atoms with van der Waals surface area (Å²) in [5, 5.41) is 4.34. The van der Waals surface area contributed by atoms with Gasteiger partial charge in [-0.2, -0.15) is 0 Å². The van der Waals surface area contributed by atoms with Crippen LogP contribution in [0.5, 0.6) is 5.75 Å². The molecule has 1 saturated carbocycles. The lowest BCUT2D eigenvalue weighted by Crippen LogP contribution is -2.14. The highest BCUT2D eigenvalue weighted by Gasteiger charge is 2.20. The molecule has 0 saturated heterocycles. The molecule has 3 rings (SSSR count). The first kappa shape index (κ1) is 14.9. The molecule has 4 heteroatoms. The molecular formula is C17H20ClNOS. The quantitative estimate of drug-likeness (QED) is 0.821. The zero-order valence-corrected chi connectivity index (χ0v) is 14.0. The van der Waals surface area contributed by atoms with Gasteiger partial charge in [-0.25, -0.2) is 0 Å². The Labute approximate surface area is 135 Å². The molecule has 2 aromatic rings. The van der Waals surface area contributed by atoms with Crippen LogP contribution in [0.25, 0.3) is 0 Å². The van der Waals surface area contributed by atoms with E-state index in [0.29, 0.717) is 6.61 Å². The third-order valence-corrected chi connectivity index (χ3v) is 5.25. The average Bonchev–Trinajstić information content (AvgIpc) is 3.22. The number of hydrogen-bond acceptors (Lipinski definition) is 3. The SMILES string of the molecule is Cc1cc(OCc2cc(CNC3CC3)sc2C)ccc1Cl. The predicted octanol–water partition coefficient (Wildman–Crippen LogP) is 4.85. The summed E-state index contributed by atoms with van der Waals surface area (Å²) in [5.41, 5.74) is 2.32. The zero-order chi connectivity index (χ0) is 14.8. The molecule has 0 atom stereocenters. The summed E-state index contributed by atoms with van der Waals surface area (Å²) in [6.45, 7) is 5.76. The number of rotatable bonds is 6. The minimum absolute atomic E-state index is 0.618. The van der Waals surface area contributed by atoms with E-state index in [9.17, 15) is 0 Å². The summed E-state index contributed by atoms with van der Waals surface area (Å²) in [4.78, 5) is 2.73. The third-order valence-electron chi connectivity index (χ3n) is 3.74. The number of ether oxygens (including phenoxy) is 1. The molecule has 0 spiro atoms. The maximum Gasteiger partial charge on any atom is 0.120 e. The molecule has 1 aliphatic rings. The predicted molar refractivity (Wildman–Crippen MR) is 89.4 cm³/mol. The Kier molecular flexibility index (Phi) is 4.53. The lowest BCUT2D eigenvalue weighted by Gasteiger charge is -2.07. The number of thiophene rings is 1. The van der Waals surface area contributed by atoms with Gasteiger partial charge < -0.3 is 10.1 Å². The van der Waals surface area contributed by atoms with Gasteiger partial charge in [0.1, 0.15) is 12.4 Å². The van der Waals surface area contributed by atoms with E-state index in [1.165, 1.54) is 28.2 Å². The minimum Gasteiger partial charge on any atom is -0.489 e. The summed E-state index contributed by atoms with van der Waals surface area (Å²) in [5.74, 6) is 0.875. The van der Waals surface area contributed by atoms with Gasteiger partial charge in [-0.15, -0.1) is 11.3 Å². The van der Waals surface area contributed by atoms with E-state index < -0.39 is 0 Å². The molecule has 0 aliphatic heterocycles. The van der Waals surface area contributed by atoms with Gasteiger partial charge >= 0.3 is 0 Å². The summed E-state index contributed by atoms with van der Waals surface area (Å²) in [6, 6.07) is 8.81. The highest BCUT2D eigenvalue weighted by atomic mass is 35.5. The van der Waals surface area contributed by atoms with Crippen molar-refractivity contribution in [3.05, 3.63) is 50.2 Å². The fourth-order valence-electron chi connectivity index (χ4n) is 2.22. The molecule has 1 fully saturated rings. The van der Waals surface area contributed by atoms with Crippen molar-refractivity contribution in [3.8, 4) is 5.75 Å². The standard InChI is InChI=1S/C17H20ClNOS/c1-11-7-15(5-6-17(11)18)20-10-13-8-16(21-12(13)2)9-19-14-3-4-14/h5-8,14,19H,3-4,9-10H2,1-2H3. The fraction of sp³-hybridized carbons (Fsp3) is 0.412. The van der Waals surface area contributed by atoms with Crippen molar-refractivity contribution < 1.29 is 4.74 Å². The normalized spacial score (nSPS) is 14.4. The Balaban J connectivity index is 1.59. The number of aryl methyl sites for hydroxylation is 2. The van der Waals surface area contributed by atoms with Crippen molar-refractivity contribution in [3.63, 3.8) is 0 Å². The molecule has 0 unspecified atom stereocenters. The highest BCUT2D eigenvalue weighted by molar-refractivity contribution is 7.12. The number of benzene rings is 1. The van der Waals surface area contributed by atoms with Crippen molar-refractivity contribution in [1.82, 2.24) is 5.32 Å². The first-order chi connectivity index (χ1) is 10.1. The van der Waals surface area contributed by atoms with Gasteiger partial charge in [0.2, 0.25) is 0 Å². The molecule has 1 aliphatic carbocycles. The molecule has 1 aromatic heterocycles. The third kappa shape index (κ3) is 4.00. The van der Waals surface area contributed by atoms with Crippen molar-refractivity contribution in [2.45, 2.75) is 45.9 Å². The lowest BCUT2D eigenvalue weighted by molar-refractivity contribution is 0.306. The zero-order valence-electron chi connectivity index (χ0n) is 12.4. The Hall–Kier alpha value is -1.03. The first-order valence-corrected chi connectivity index (χ1v) is 8.52. The van der Waals surface area contributed by atoms with Crippen molar-refractivity contribution in [2.24, 2.45) is 0 Å². The molecule has 0 radical (unpaired) electrons. The fourth-order valence-corrected chi connectivity index (χ4v) is 3.33. The molecular weight excluding hydrogens is 302 g/mol. The smallest absolute Gasteiger partial charge is 0.120 e. The van der Waals surface area contributed by atoms with Crippen LogP contribution < -0.4 is 10.1 Å². The summed E-state index contributed by atoms with van der Waals surface area (Å²) in [6.07, 6.45) is 2.66. The average molecular weight is 322 g/mol. The Morgan fingerprint density at radius 1 is 1.29 bits per heavy atom. The van der Waals surface area contributed by atoms with Crippen LogP contribution in [0.15, 0.2) is 24.3 Å². The Morgan fingerprint density at radius 2 is 2.10 bits per heavy atom. The molecule has 0 amide bonds. The summed E-state index contributed by atoms with van der Waals surface area (Å²) >= 11 is 7.89. The molecule has 2 nitrogen and oxygen atoms in total. The topological polar surface area (TPSA) is 21.3 Å². The van der Waals surface area contributed by atoms with Crippen LogP contribution in [-0.2, 0) is 13.2 Å². The van der Waals surface area contributed by atoms with E-state index in [-0.39, 0.29) is 0 Å². The van der Waals surface area contributed by atoms with Crippen molar-refractivity contribution in [1.29, 1.82) is 0 Å². The second-order valence-electron chi connectivity index (χ2n) is 5.65. The van der Waals surface area contributed by atoms with Gasteiger partial charge in [-0.1, -0.05) is 11.6 Å². The Morgan fingerprint density at radius 3 is 2.81 bits per heavy atom. The maximum absolute atomic E-state index is 6.03. The Bertz CT molecular complexity index is 634. The lowest BCUT2D eigenvalue weighted by atomic mass is 10.2. The van der Waals surface area contributed by atoms with Crippen molar-refractivity contribution in [2.75, 3.05) is 0 Å². The monoisotopic (exact) mass is 321 g/mol. The van der Waals surface area contributed by atoms with E-state index in [4.69, 9.17) is 16.3 Å². The van der Waals surface area contributed by atoms with Crippen LogP contribution >= 0.6 is 22.9 Å².